The Kier molecular flexibility index (Phi) is 5.39. The zero-order chi connectivity index (χ0) is 10.4. The first-order valence-electron chi connectivity index (χ1n) is 4.52. The monoisotopic (exact) mass is 185 g/mol. The van der Waals surface area contributed by atoms with Crippen LogP contribution in [0.3, 0.4) is 0 Å². The van der Waals surface area contributed by atoms with Crippen molar-refractivity contribution in [3.63, 3.8) is 0 Å². The molecule has 1 N–H and O–H groups in total. The second-order valence-corrected chi connectivity index (χ2v) is 3.68. The smallest absolute Gasteiger partial charge is 0.331 e. The molecule has 3 nitrogen and oxygen atoms in total. The Bertz CT molecular complexity index is 187. The van der Waals surface area contributed by atoms with Gasteiger partial charge < -0.3 is 10.0 Å². The fourth-order valence-electron chi connectivity index (χ4n) is 1.10. The summed E-state index contributed by atoms with van der Waals surface area (Å²) in [5.41, 5.74) is 0.318. The second-order valence-electron chi connectivity index (χ2n) is 3.68. The molecule has 0 aromatic heterocycles. The van der Waals surface area contributed by atoms with Gasteiger partial charge in [0.05, 0.1) is 0 Å². The van der Waals surface area contributed by atoms with Crippen LogP contribution in [0.15, 0.2) is 12.2 Å². The third kappa shape index (κ3) is 5.42. The first kappa shape index (κ1) is 12.2. The minimum Gasteiger partial charge on any atom is -0.478 e. The van der Waals surface area contributed by atoms with Crippen LogP contribution >= 0.6 is 0 Å². The molecular formula is C10H19NO2. The summed E-state index contributed by atoms with van der Waals surface area (Å²) < 4.78 is 0. The Morgan fingerprint density at radius 1 is 1.54 bits per heavy atom. The summed E-state index contributed by atoms with van der Waals surface area (Å²) in [7, 11) is 4.02. The van der Waals surface area contributed by atoms with E-state index in [0.717, 1.165) is 19.4 Å². The highest BCUT2D eigenvalue weighted by Gasteiger charge is 2.12. The molecule has 0 aromatic rings. The molecule has 0 bridgehead atoms. The van der Waals surface area contributed by atoms with Crippen LogP contribution in [-0.2, 0) is 4.79 Å². The van der Waals surface area contributed by atoms with Gasteiger partial charge in [0.25, 0.3) is 0 Å². The van der Waals surface area contributed by atoms with Crippen molar-refractivity contribution in [1.29, 1.82) is 0 Å². The maximum absolute atomic E-state index is 10.5. The van der Waals surface area contributed by atoms with Gasteiger partial charge in [0.2, 0.25) is 0 Å². The van der Waals surface area contributed by atoms with E-state index in [-0.39, 0.29) is 5.92 Å². The molecule has 0 aromatic carbocycles. The molecule has 1 unspecified atom stereocenters. The first-order chi connectivity index (χ1) is 5.95. The van der Waals surface area contributed by atoms with Crippen LogP contribution < -0.4 is 0 Å². The van der Waals surface area contributed by atoms with Crippen molar-refractivity contribution in [2.24, 2.45) is 5.92 Å². The fourth-order valence-corrected chi connectivity index (χ4v) is 1.10. The summed E-state index contributed by atoms with van der Waals surface area (Å²) in [5, 5.41) is 8.65. The van der Waals surface area contributed by atoms with E-state index in [4.69, 9.17) is 5.11 Å². The lowest BCUT2D eigenvalue weighted by molar-refractivity contribution is -0.133. The van der Waals surface area contributed by atoms with Crippen LogP contribution in [0.4, 0.5) is 0 Å². The summed E-state index contributed by atoms with van der Waals surface area (Å²) in [6, 6.07) is 0. The van der Waals surface area contributed by atoms with Crippen LogP contribution in [0.2, 0.25) is 0 Å². The Balaban J connectivity index is 3.68. The van der Waals surface area contributed by atoms with E-state index in [2.05, 4.69) is 11.5 Å². The minimum atomic E-state index is -0.877. The maximum atomic E-state index is 10.5. The van der Waals surface area contributed by atoms with Gasteiger partial charge in [-0.3, -0.25) is 0 Å². The summed E-state index contributed by atoms with van der Waals surface area (Å²) in [5.74, 6) is -0.796. The molecule has 0 amide bonds. The van der Waals surface area contributed by atoms with Gasteiger partial charge in [-0.1, -0.05) is 13.5 Å². The summed E-state index contributed by atoms with van der Waals surface area (Å²) in [6.07, 6.45) is 1.91. The van der Waals surface area contributed by atoms with Crippen molar-refractivity contribution in [3.05, 3.63) is 12.2 Å². The van der Waals surface area contributed by atoms with Gasteiger partial charge in [0, 0.05) is 5.57 Å². The van der Waals surface area contributed by atoms with Crippen LogP contribution in [0.5, 0.6) is 0 Å². The fraction of sp³-hybridized carbons (Fsp3) is 0.700. The number of carboxylic acid groups (broad SMARTS) is 1. The third-order valence-corrected chi connectivity index (χ3v) is 2.11. The molecule has 0 aliphatic heterocycles. The molecule has 0 rings (SSSR count). The van der Waals surface area contributed by atoms with Crippen LogP contribution in [-0.4, -0.2) is 36.6 Å². The molecule has 0 saturated carbocycles. The highest BCUT2D eigenvalue weighted by Crippen LogP contribution is 2.14. The van der Waals surface area contributed by atoms with Gasteiger partial charge in [-0.15, -0.1) is 0 Å². The van der Waals surface area contributed by atoms with Crippen molar-refractivity contribution >= 4 is 5.97 Å². The molecule has 13 heavy (non-hydrogen) atoms. The van der Waals surface area contributed by atoms with Crippen molar-refractivity contribution < 1.29 is 9.90 Å². The molecule has 3 heteroatoms. The van der Waals surface area contributed by atoms with Crippen LogP contribution in [0, 0.1) is 5.92 Å². The number of nitrogens with zero attached hydrogens (tertiary/aromatic N) is 1. The maximum Gasteiger partial charge on any atom is 0.331 e. The van der Waals surface area contributed by atoms with Crippen molar-refractivity contribution in [2.45, 2.75) is 19.8 Å². The molecule has 76 valence electrons. The average Bonchev–Trinajstić information content (AvgIpc) is 2.02. The molecule has 0 fully saturated rings. The topological polar surface area (TPSA) is 40.5 Å². The van der Waals surface area contributed by atoms with E-state index < -0.39 is 5.97 Å². The van der Waals surface area contributed by atoms with Crippen LogP contribution in [0.1, 0.15) is 19.8 Å². The number of aliphatic carboxylic acids is 1. The van der Waals surface area contributed by atoms with E-state index >= 15 is 0 Å². The molecule has 0 aliphatic rings. The molecule has 0 spiro atoms. The van der Waals surface area contributed by atoms with Crippen LogP contribution in [0.25, 0.3) is 0 Å². The number of hydrogen-bond donors (Lipinski definition) is 1. The highest BCUT2D eigenvalue weighted by molar-refractivity contribution is 5.86. The van der Waals surface area contributed by atoms with E-state index in [1.807, 2.05) is 21.0 Å². The lowest BCUT2D eigenvalue weighted by atomic mass is 9.97. The molecule has 0 heterocycles. The second kappa shape index (κ2) is 5.75. The average molecular weight is 185 g/mol. The van der Waals surface area contributed by atoms with Gasteiger partial charge in [-0.05, 0) is 39.4 Å². The number of carboxylic acids is 1. The van der Waals surface area contributed by atoms with Gasteiger partial charge in [-0.2, -0.15) is 0 Å². The number of carbonyl (C=O) groups is 1. The molecule has 0 saturated heterocycles. The summed E-state index contributed by atoms with van der Waals surface area (Å²) in [6.45, 7) is 6.44. The molecular weight excluding hydrogens is 166 g/mol. The first-order valence-corrected chi connectivity index (χ1v) is 4.52. The van der Waals surface area contributed by atoms with Gasteiger partial charge in [0.15, 0.2) is 0 Å². The number of hydrogen-bond acceptors (Lipinski definition) is 2. The molecule has 1 atom stereocenters. The molecule has 0 radical (unpaired) electrons. The van der Waals surface area contributed by atoms with E-state index in [1.165, 1.54) is 0 Å². The molecule has 0 aliphatic carbocycles. The van der Waals surface area contributed by atoms with Crippen molar-refractivity contribution in [3.8, 4) is 0 Å². The predicted molar refractivity (Wildman–Crippen MR) is 53.7 cm³/mol. The Hall–Kier alpha value is -0.830. The predicted octanol–water partition coefficient (Wildman–Crippen LogP) is 1.61. The standard InChI is InChI=1S/C10H19NO2/c1-8(9(2)10(12)13)6-5-7-11(3)4/h8H,2,5-7H2,1,3-4H3,(H,12,13). The Morgan fingerprint density at radius 3 is 2.46 bits per heavy atom. The lowest BCUT2D eigenvalue weighted by Gasteiger charge is -2.13. The zero-order valence-electron chi connectivity index (χ0n) is 8.71. The van der Waals surface area contributed by atoms with E-state index in [0.29, 0.717) is 5.57 Å². The van der Waals surface area contributed by atoms with Gasteiger partial charge in [-0.25, -0.2) is 4.79 Å². The third-order valence-electron chi connectivity index (χ3n) is 2.11. The SMILES string of the molecule is C=C(C(=O)O)C(C)CCCN(C)C. The van der Waals surface area contributed by atoms with Crippen molar-refractivity contribution in [2.75, 3.05) is 20.6 Å². The normalized spacial score (nSPS) is 12.9. The highest BCUT2D eigenvalue weighted by atomic mass is 16.4. The van der Waals surface area contributed by atoms with E-state index in [1.54, 1.807) is 0 Å². The van der Waals surface area contributed by atoms with E-state index in [9.17, 15) is 4.79 Å². The largest absolute Gasteiger partial charge is 0.478 e. The summed E-state index contributed by atoms with van der Waals surface area (Å²) >= 11 is 0. The minimum absolute atomic E-state index is 0.0810. The van der Waals surface area contributed by atoms with Gasteiger partial charge >= 0.3 is 5.97 Å². The Morgan fingerprint density at radius 2 is 2.08 bits per heavy atom. The number of rotatable bonds is 6. The summed E-state index contributed by atoms with van der Waals surface area (Å²) in [4.78, 5) is 12.6. The zero-order valence-corrected chi connectivity index (χ0v) is 8.71. The quantitative estimate of drug-likeness (QED) is 0.639. The van der Waals surface area contributed by atoms with Crippen molar-refractivity contribution in [1.82, 2.24) is 4.90 Å². The lowest BCUT2D eigenvalue weighted by Crippen LogP contribution is -2.15. The van der Waals surface area contributed by atoms with Gasteiger partial charge in [0.1, 0.15) is 0 Å². The Labute approximate surface area is 80.0 Å².